The Balaban J connectivity index is 0. The molecule has 0 saturated carbocycles. The Morgan fingerprint density at radius 1 is 1.35 bits per heavy atom. The number of hydrogen-bond donors (Lipinski definition) is 1. The highest BCUT2D eigenvalue weighted by Gasteiger charge is 2.20. The molecule has 1 amide bonds. The lowest BCUT2D eigenvalue weighted by Crippen LogP contribution is -2.44. The van der Waals surface area contributed by atoms with Crippen LogP contribution in [0.3, 0.4) is 0 Å². The van der Waals surface area contributed by atoms with Crippen molar-refractivity contribution in [3.63, 3.8) is 0 Å². The molecule has 0 aromatic carbocycles. The number of carbonyl (C=O) groups is 1. The van der Waals surface area contributed by atoms with E-state index in [-0.39, 0.29) is 24.4 Å². The van der Waals surface area contributed by atoms with Gasteiger partial charge in [0.25, 0.3) is 5.91 Å². The number of likely N-dealkylation sites (N-methyl/N-ethyl adjacent to an activating group) is 1. The zero-order valence-electron chi connectivity index (χ0n) is 11.1. The summed E-state index contributed by atoms with van der Waals surface area (Å²) in [5.41, 5.74) is 5.50. The lowest BCUT2D eigenvalue weighted by molar-refractivity contribution is -0.143. The standard InChI is InChI=1S/C11H24N2O3.ClH/c1-5-15-6-7-16-10(3)11(14)13(4)9(2)8-12;/h9-10H,5-8,12H2,1-4H3;1H. The molecule has 0 aliphatic rings. The first-order valence-electron chi connectivity index (χ1n) is 5.70. The van der Waals surface area contributed by atoms with E-state index >= 15 is 0 Å². The SMILES string of the molecule is CCOCCOC(C)C(=O)N(C)C(C)CN.Cl. The van der Waals surface area contributed by atoms with Gasteiger partial charge in [-0.15, -0.1) is 12.4 Å². The molecule has 0 saturated heterocycles. The second-order valence-corrected chi connectivity index (χ2v) is 3.74. The largest absolute Gasteiger partial charge is 0.379 e. The third kappa shape index (κ3) is 7.54. The van der Waals surface area contributed by atoms with Crippen molar-refractivity contribution in [2.45, 2.75) is 32.9 Å². The molecule has 2 unspecified atom stereocenters. The van der Waals surface area contributed by atoms with Crippen molar-refractivity contribution in [3.05, 3.63) is 0 Å². The summed E-state index contributed by atoms with van der Waals surface area (Å²) in [7, 11) is 1.74. The lowest BCUT2D eigenvalue weighted by atomic mass is 10.2. The van der Waals surface area contributed by atoms with Crippen LogP contribution in [0.2, 0.25) is 0 Å². The van der Waals surface area contributed by atoms with Crippen molar-refractivity contribution in [3.8, 4) is 0 Å². The van der Waals surface area contributed by atoms with Crippen molar-refractivity contribution in [1.29, 1.82) is 0 Å². The first-order valence-corrected chi connectivity index (χ1v) is 5.70. The van der Waals surface area contributed by atoms with Gasteiger partial charge >= 0.3 is 0 Å². The van der Waals surface area contributed by atoms with Crippen molar-refractivity contribution < 1.29 is 14.3 Å². The smallest absolute Gasteiger partial charge is 0.251 e. The molecule has 0 heterocycles. The summed E-state index contributed by atoms with van der Waals surface area (Å²) in [6, 6.07) is 0.0328. The maximum Gasteiger partial charge on any atom is 0.251 e. The normalized spacial score (nSPS) is 13.7. The molecule has 17 heavy (non-hydrogen) atoms. The Kier molecular flexibility index (Phi) is 12.0. The van der Waals surface area contributed by atoms with Gasteiger partial charge in [-0.25, -0.2) is 0 Å². The fourth-order valence-corrected chi connectivity index (χ4v) is 1.16. The molecule has 0 spiro atoms. The number of amides is 1. The van der Waals surface area contributed by atoms with Crippen molar-refractivity contribution >= 4 is 18.3 Å². The van der Waals surface area contributed by atoms with Gasteiger partial charge < -0.3 is 20.1 Å². The molecule has 0 radical (unpaired) electrons. The van der Waals surface area contributed by atoms with Crippen LogP contribution in [-0.2, 0) is 14.3 Å². The van der Waals surface area contributed by atoms with Gasteiger partial charge in [-0.05, 0) is 20.8 Å². The Morgan fingerprint density at radius 2 is 1.94 bits per heavy atom. The lowest BCUT2D eigenvalue weighted by Gasteiger charge is -2.26. The molecule has 0 aromatic heterocycles. The molecule has 2 N–H and O–H groups in total. The van der Waals surface area contributed by atoms with Gasteiger partial charge in [0, 0.05) is 26.2 Å². The van der Waals surface area contributed by atoms with Gasteiger partial charge in [-0.3, -0.25) is 4.79 Å². The van der Waals surface area contributed by atoms with Crippen LogP contribution in [0, 0.1) is 0 Å². The van der Waals surface area contributed by atoms with E-state index in [0.29, 0.717) is 26.4 Å². The zero-order chi connectivity index (χ0) is 12.6. The number of halogens is 1. The summed E-state index contributed by atoms with van der Waals surface area (Å²) in [4.78, 5) is 13.4. The molecule has 0 fully saturated rings. The maximum atomic E-state index is 11.8. The van der Waals surface area contributed by atoms with E-state index in [1.54, 1.807) is 18.9 Å². The predicted molar refractivity (Wildman–Crippen MR) is 70.4 cm³/mol. The van der Waals surface area contributed by atoms with Crippen LogP contribution in [0.5, 0.6) is 0 Å². The maximum absolute atomic E-state index is 11.8. The van der Waals surface area contributed by atoms with Crippen LogP contribution in [0.1, 0.15) is 20.8 Å². The highest BCUT2D eigenvalue weighted by atomic mass is 35.5. The number of ether oxygens (including phenoxy) is 2. The minimum Gasteiger partial charge on any atom is -0.379 e. The van der Waals surface area contributed by atoms with Gasteiger partial charge in [-0.2, -0.15) is 0 Å². The summed E-state index contributed by atoms with van der Waals surface area (Å²) >= 11 is 0. The monoisotopic (exact) mass is 268 g/mol. The summed E-state index contributed by atoms with van der Waals surface area (Å²) < 4.78 is 10.5. The Hall–Kier alpha value is -0.360. The van der Waals surface area contributed by atoms with Gasteiger partial charge in [0.05, 0.1) is 13.2 Å². The molecule has 5 nitrogen and oxygen atoms in total. The minimum absolute atomic E-state index is 0. The van der Waals surface area contributed by atoms with Gasteiger partial charge in [-0.1, -0.05) is 0 Å². The number of hydrogen-bond acceptors (Lipinski definition) is 4. The van der Waals surface area contributed by atoms with Gasteiger partial charge in [0.1, 0.15) is 6.10 Å². The first-order chi connectivity index (χ1) is 7.54. The third-order valence-electron chi connectivity index (χ3n) is 2.50. The topological polar surface area (TPSA) is 64.8 Å². The van der Waals surface area contributed by atoms with E-state index < -0.39 is 6.10 Å². The molecule has 2 atom stereocenters. The molecule has 0 aromatic rings. The number of nitrogens with two attached hydrogens (primary N) is 1. The van der Waals surface area contributed by atoms with Crippen LogP contribution in [0.4, 0.5) is 0 Å². The van der Waals surface area contributed by atoms with Crippen LogP contribution in [0.15, 0.2) is 0 Å². The molecule has 0 aliphatic carbocycles. The average molecular weight is 269 g/mol. The number of carbonyl (C=O) groups excluding carboxylic acids is 1. The fraction of sp³-hybridized carbons (Fsp3) is 0.909. The molecule has 0 bridgehead atoms. The van der Waals surface area contributed by atoms with Crippen LogP contribution < -0.4 is 5.73 Å². The summed E-state index contributed by atoms with van der Waals surface area (Å²) in [5, 5.41) is 0. The molecule has 104 valence electrons. The van der Waals surface area contributed by atoms with Crippen molar-refractivity contribution in [2.24, 2.45) is 5.73 Å². The Morgan fingerprint density at radius 3 is 2.41 bits per heavy atom. The minimum atomic E-state index is -0.445. The second kappa shape index (κ2) is 10.8. The predicted octanol–water partition coefficient (Wildman–Crippen LogP) is 0.655. The first kappa shape index (κ1) is 19.0. The van der Waals surface area contributed by atoms with Crippen molar-refractivity contribution in [1.82, 2.24) is 4.90 Å². The number of nitrogens with zero attached hydrogens (tertiary/aromatic N) is 1. The quantitative estimate of drug-likeness (QED) is 0.657. The van der Waals surface area contributed by atoms with E-state index in [1.165, 1.54) is 0 Å². The van der Waals surface area contributed by atoms with E-state index in [1.807, 2.05) is 13.8 Å². The van der Waals surface area contributed by atoms with Crippen LogP contribution in [0.25, 0.3) is 0 Å². The van der Waals surface area contributed by atoms with E-state index in [2.05, 4.69) is 0 Å². The zero-order valence-corrected chi connectivity index (χ0v) is 12.0. The third-order valence-corrected chi connectivity index (χ3v) is 2.50. The molecule has 0 rings (SSSR count). The van der Waals surface area contributed by atoms with Gasteiger partial charge in [0.2, 0.25) is 0 Å². The molecule has 0 aliphatic heterocycles. The van der Waals surface area contributed by atoms with Crippen LogP contribution >= 0.6 is 12.4 Å². The average Bonchev–Trinajstić information content (AvgIpc) is 2.31. The second-order valence-electron chi connectivity index (χ2n) is 3.74. The fourth-order valence-electron chi connectivity index (χ4n) is 1.16. The van der Waals surface area contributed by atoms with Gasteiger partial charge in [0.15, 0.2) is 0 Å². The highest BCUT2D eigenvalue weighted by molar-refractivity contribution is 5.85. The highest BCUT2D eigenvalue weighted by Crippen LogP contribution is 2.01. The van der Waals surface area contributed by atoms with Crippen molar-refractivity contribution in [2.75, 3.05) is 33.4 Å². The number of rotatable bonds is 8. The summed E-state index contributed by atoms with van der Waals surface area (Å²) in [6.07, 6.45) is -0.445. The van der Waals surface area contributed by atoms with E-state index in [0.717, 1.165) is 0 Å². The summed E-state index contributed by atoms with van der Waals surface area (Å²) in [5.74, 6) is -0.0468. The Bertz CT molecular complexity index is 205. The summed E-state index contributed by atoms with van der Waals surface area (Å²) in [6.45, 7) is 7.64. The van der Waals surface area contributed by atoms with Crippen LogP contribution in [-0.4, -0.2) is 56.4 Å². The molecular weight excluding hydrogens is 244 g/mol. The molecular formula is C11H25ClN2O3. The van der Waals surface area contributed by atoms with E-state index in [9.17, 15) is 4.79 Å². The Labute approximate surface area is 110 Å². The van der Waals surface area contributed by atoms with E-state index in [4.69, 9.17) is 15.2 Å². The molecule has 6 heteroatoms.